The van der Waals surface area contributed by atoms with Crippen molar-refractivity contribution in [2.24, 2.45) is 0 Å². The van der Waals surface area contributed by atoms with E-state index in [2.05, 4.69) is 59.4 Å². The van der Waals surface area contributed by atoms with Crippen LogP contribution in [0.5, 0.6) is 0 Å². The number of nitrogens with one attached hydrogen (secondary N) is 1. The molecule has 1 aromatic carbocycles. The van der Waals surface area contributed by atoms with Gasteiger partial charge in [-0.2, -0.15) is 0 Å². The van der Waals surface area contributed by atoms with Gasteiger partial charge in [0, 0.05) is 10.5 Å². The lowest BCUT2D eigenvalue weighted by atomic mass is 10.1. The molecule has 1 aromatic rings. The van der Waals surface area contributed by atoms with E-state index in [4.69, 9.17) is 0 Å². The van der Waals surface area contributed by atoms with Crippen LogP contribution < -0.4 is 5.32 Å². The Labute approximate surface area is 101 Å². The van der Waals surface area contributed by atoms with Gasteiger partial charge >= 0.3 is 0 Å². The number of hydrogen-bond acceptors (Lipinski definition) is 1. The zero-order valence-electron chi connectivity index (χ0n) is 9.59. The Morgan fingerprint density at radius 2 is 2.07 bits per heavy atom. The summed E-state index contributed by atoms with van der Waals surface area (Å²) in [7, 11) is 0. The highest BCUT2D eigenvalue weighted by Gasteiger charge is 2.01. The summed E-state index contributed by atoms with van der Waals surface area (Å²) in [5.74, 6) is 0. The van der Waals surface area contributed by atoms with Crippen molar-refractivity contribution < 1.29 is 0 Å². The van der Waals surface area contributed by atoms with Gasteiger partial charge in [-0.05, 0) is 37.9 Å². The number of halogens is 1. The standard InChI is InChI=1S/C13H20BrN/c1-3-6-11(2)15-10-9-12-7-4-5-8-13(12)14/h4-5,7-8,11,15H,3,6,9-10H2,1-2H3. The van der Waals surface area contributed by atoms with Gasteiger partial charge in [-0.15, -0.1) is 0 Å². The molecule has 2 heteroatoms. The van der Waals surface area contributed by atoms with Crippen molar-refractivity contribution in [2.45, 2.75) is 39.2 Å². The Morgan fingerprint density at radius 1 is 1.33 bits per heavy atom. The van der Waals surface area contributed by atoms with Gasteiger partial charge in [0.2, 0.25) is 0 Å². The molecule has 0 saturated carbocycles. The van der Waals surface area contributed by atoms with Crippen LogP contribution in [-0.2, 0) is 6.42 Å². The predicted octanol–water partition coefficient (Wildman–Crippen LogP) is 3.77. The van der Waals surface area contributed by atoms with Crippen LogP contribution in [0.1, 0.15) is 32.3 Å². The SMILES string of the molecule is CCCC(C)NCCc1ccccc1Br. The van der Waals surface area contributed by atoms with E-state index >= 15 is 0 Å². The lowest BCUT2D eigenvalue weighted by molar-refractivity contribution is 0.512. The molecule has 1 atom stereocenters. The lowest BCUT2D eigenvalue weighted by Crippen LogP contribution is -2.27. The molecule has 0 aliphatic rings. The van der Waals surface area contributed by atoms with E-state index in [1.807, 2.05) is 0 Å². The van der Waals surface area contributed by atoms with Crippen molar-refractivity contribution in [1.82, 2.24) is 5.32 Å². The third-order valence-electron chi connectivity index (χ3n) is 2.57. The summed E-state index contributed by atoms with van der Waals surface area (Å²) in [6.07, 6.45) is 3.61. The summed E-state index contributed by atoms with van der Waals surface area (Å²) in [4.78, 5) is 0. The molecular formula is C13H20BrN. The van der Waals surface area contributed by atoms with Crippen LogP contribution in [-0.4, -0.2) is 12.6 Å². The molecule has 0 fully saturated rings. The first-order valence-electron chi connectivity index (χ1n) is 5.70. The molecule has 84 valence electrons. The fourth-order valence-electron chi connectivity index (χ4n) is 1.69. The summed E-state index contributed by atoms with van der Waals surface area (Å²) >= 11 is 3.57. The minimum absolute atomic E-state index is 0.637. The monoisotopic (exact) mass is 269 g/mol. The van der Waals surface area contributed by atoms with Crippen LogP contribution in [0.4, 0.5) is 0 Å². The second-order valence-electron chi connectivity index (χ2n) is 3.99. The molecule has 0 aromatic heterocycles. The molecule has 1 unspecified atom stereocenters. The lowest BCUT2D eigenvalue weighted by Gasteiger charge is -2.12. The van der Waals surface area contributed by atoms with Crippen LogP contribution in [0.25, 0.3) is 0 Å². The average Bonchev–Trinajstić information content (AvgIpc) is 2.21. The smallest absolute Gasteiger partial charge is 0.0207 e. The molecule has 0 radical (unpaired) electrons. The van der Waals surface area contributed by atoms with Crippen LogP contribution in [0.2, 0.25) is 0 Å². The third-order valence-corrected chi connectivity index (χ3v) is 3.34. The van der Waals surface area contributed by atoms with Gasteiger partial charge in [0.05, 0.1) is 0 Å². The zero-order chi connectivity index (χ0) is 11.1. The predicted molar refractivity (Wildman–Crippen MR) is 70.2 cm³/mol. The minimum atomic E-state index is 0.637. The molecule has 1 nitrogen and oxygen atoms in total. The third kappa shape index (κ3) is 4.80. The van der Waals surface area contributed by atoms with E-state index in [0.29, 0.717) is 6.04 Å². The maximum absolute atomic E-state index is 3.57. The summed E-state index contributed by atoms with van der Waals surface area (Å²) < 4.78 is 1.22. The van der Waals surface area contributed by atoms with Crippen LogP contribution in [0.3, 0.4) is 0 Å². The molecule has 0 bridgehead atoms. The van der Waals surface area contributed by atoms with Gasteiger partial charge < -0.3 is 5.32 Å². The van der Waals surface area contributed by atoms with Crippen molar-refractivity contribution in [1.29, 1.82) is 0 Å². The Morgan fingerprint density at radius 3 is 2.73 bits per heavy atom. The molecule has 0 saturated heterocycles. The number of benzene rings is 1. The van der Waals surface area contributed by atoms with E-state index in [-0.39, 0.29) is 0 Å². The van der Waals surface area contributed by atoms with Crippen molar-refractivity contribution in [3.8, 4) is 0 Å². The molecule has 0 aliphatic carbocycles. The summed E-state index contributed by atoms with van der Waals surface area (Å²) in [6, 6.07) is 9.06. The minimum Gasteiger partial charge on any atom is -0.314 e. The highest BCUT2D eigenvalue weighted by Crippen LogP contribution is 2.15. The Hall–Kier alpha value is -0.340. The van der Waals surface area contributed by atoms with Crippen LogP contribution >= 0.6 is 15.9 Å². The largest absolute Gasteiger partial charge is 0.314 e. The van der Waals surface area contributed by atoms with Gasteiger partial charge in [-0.25, -0.2) is 0 Å². The quantitative estimate of drug-likeness (QED) is 0.829. The highest BCUT2D eigenvalue weighted by atomic mass is 79.9. The van der Waals surface area contributed by atoms with Crippen molar-refractivity contribution in [3.05, 3.63) is 34.3 Å². The maximum atomic E-state index is 3.57. The second kappa shape index (κ2) is 7.02. The first-order chi connectivity index (χ1) is 7.24. The van der Waals surface area contributed by atoms with E-state index < -0.39 is 0 Å². The molecule has 1 N–H and O–H groups in total. The first-order valence-corrected chi connectivity index (χ1v) is 6.50. The second-order valence-corrected chi connectivity index (χ2v) is 4.84. The van der Waals surface area contributed by atoms with Crippen LogP contribution in [0.15, 0.2) is 28.7 Å². The Balaban J connectivity index is 2.29. The summed E-state index contributed by atoms with van der Waals surface area (Å²) in [5.41, 5.74) is 1.38. The van der Waals surface area contributed by atoms with Gasteiger partial charge in [0.15, 0.2) is 0 Å². The molecular weight excluding hydrogens is 250 g/mol. The zero-order valence-corrected chi connectivity index (χ0v) is 11.2. The number of hydrogen-bond donors (Lipinski definition) is 1. The van der Waals surface area contributed by atoms with E-state index in [0.717, 1.165) is 13.0 Å². The Kier molecular flexibility index (Phi) is 5.96. The van der Waals surface area contributed by atoms with Crippen LogP contribution in [0, 0.1) is 0 Å². The Bertz CT molecular complexity index is 286. The van der Waals surface area contributed by atoms with E-state index in [9.17, 15) is 0 Å². The fourth-order valence-corrected chi connectivity index (χ4v) is 2.17. The summed E-state index contributed by atoms with van der Waals surface area (Å²) in [5, 5.41) is 3.54. The topological polar surface area (TPSA) is 12.0 Å². The van der Waals surface area contributed by atoms with E-state index in [1.54, 1.807) is 0 Å². The molecule has 0 amide bonds. The normalized spacial score (nSPS) is 12.7. The molecule has 15 heavy (non-hydrogen) atoms. The van der Waals surface area contributed by atoms with Gasteiger partial charge in [0.1, 0.15) is 0 Å². The van der Waals surface area contributed by atoms with Crippen molar-refractivity contribution in [2.75, 3.05) is 6.54 Å². The number of rotatable bonds is 6. The fraction of sp³-hybridized carbons (Fsp3) is 0.538. The van der Waals surface area contributed by atoms with Gasteiger partial charge in [-0.3, -0.25) is 0 Å². The summed E-state index contributed by atoms with van der Waals surface area (Å²) in [6.45, 7) is 5.54. The first kappa shape index (κ1) is 12.7. The van der Waals surface area contributed by atoms with Gasteiger partial charge in [0.25, 0.3) is 0 Å². The molecule has 0 spiro atoms. The van der Waals surface area contributed by atoms with E-state index in [1.165, 1.54) is 22.9 Å². The molecule has 1 rings (SSSR count). The molecule has 0 heterocycles. The maximum Gasteiger partial charge on any atom is 0.0207 e. The highest BCUT2D eigenvalue weighted by molar-refractivity contribution is 9.10. The van der Waals surface area contributed by atoms with Gasteiger partial charge in [-0.1, -0.05) is 47.5 Å². The molecule has 0 aliphatic heterocycles. The van der Waals surface area contributed by atoms with Crippen molar-refractivity contribution >= 4 is 15.9 Å². The average molecular weight is 270 g/mol. The van der Waals surface area contributed by atoms with Crippen molar-refractivity contribution in [3.63, 3.8) is 0 Å².